The van der Waals surface area contributed by atoms with Gasteiger partial charge in [0.15, 0.2) is 5.65 Å². The Kier molecular flexibility index (Phi) is 3.99. The zero-order chi connectivity index (χ0) is 17.4. The number of aryl methyl sites for hydroxylation is 2. The monoisotopic (exact) mass is 334 g/mol. The Hall–Kier alpha value is -2.69. The van der Waals surface area contributed by atoms with E-state index in [-0.39, 0.29) is 5.91 Å². The highest BCUT2D eigenvalue weighted by Crippen LogP contribution is 2.25. The lowest BCUT2D eigenvalue weighted by molar-refractivity contribution is 0.0952. The molecule has 1 amide bonds. The van der Waals surface area contributed by atoms with E-state index in [0.29, 0.717) is 23.7 Å². The third-order valence-electron chi connectivity index (χ3n) is 5.10. The van der Waals surface area contributed by atoms with Gasteiger partial charge in [0.25, 0.3) is 5.91 Å². The largest absolute Gasteiger partial charge is 0.348 e. The molecule has 4 rings (SSSR count). The highest BCUT2D eigenvalue weighted by Gasteiger charge is 2.22. The molecule has 1 atom stereocenters. The molecular formula is C20H22N4O. The van der Waals surface area contributed by atoms with Crippen molar-refractivity contribution >= 4 is 11.6 Å². The van der Waals surface area contributed by atoms with Crippen molar-refractivity contribution in [3.05, 3.63) is 64.6 Å². The molecule has 0 saturated heterocycles. The number of nitrogens with one attached hydrogen (secondary N) is 1. The van der Waals surface area contributed by atoms with Gasteiger partial charge < -0.3 is 5.32 Å². The molecule has 5 heteroatoms. The van der Waals surface area contributed by atoms with Crippen LogP contribution in [0.1, 0.15) is 46.1 Å². The molecular weight excluding hydrogens is 312 g/mol. The number of fused-ring (bicyclic) bond motifs is 3. The average Bonchev–Trinajstić information content (AvgIpc) is 3.05. The fraction of sp³-hybridized carbons (Fsp3) is 0.350. The maximum atomic E-state index is 12.6. The Morgan fingerprint density at radius 2 is 2.16 bits per heavy atom. The van der Waals surface area contributed by atoms with Gasteiger partial charge >= 0.3 is 0 Å². The first-order valence-electron chi connectivity index (χ1n) is 8.80. The van der Waals surface area contributed by atoms with Gasteiger partial charge in [0.1, 0.15) is 5.56 Å². The van der Waals surface area contributed by atoms with Crippen LogP contribution in [0.4, 0.5) is 0 Å². The summed E-state index contributed by atoms with van der Waals surface area (Å²) in [7, 11) is 0. The molecule has 0 fully saturated rings. The summed E-state index contributed by atoms with van der Waals surface area (Å²) in [5, 5.41) is 7.43. The van der Waals surface area contributed by atoms with E-state index >= 15 is 0 Å². The molecule has 0 bridgehead atoms. The maximum Gasteiger partial charge on any atom is 0.257 e. The van der Waals surface area contributed by atoms with Gasteiger partial charge in [0.2, 0.25) is 0 Å². The average molecular weight is 334 g/mol. The zero-order valence-corrected chi connectivity index (χ0v) is 14.6. The maximum absolute atomic E-state index is 12.6. The van der Waals surface area contributed by atoms with E-state index in [4.69, 9.17) is 0 Å². The number of aromatic nitrogens is 3. The summed E-state index contributed by atoms with van der Waals surface area (Å²) in [4.78, 5) is 17.1. The van der Waals surface area contributed by atoms with Crippen molar-refractivity contribution in [3.63, 3.8) is 0 Å². The molecule has 0 aliphatic heterocycles. The molecule has 2 heterocycles. The van der Waals surface area contributed by atoms with Crippen molar-refractivity contribution < 1.29 is 4.79 Å². The van der Waals surface area contributed by atoms with Crippen LogP contribution in [0.25, 0.3) is 5.65 Å². The molecule has 1 aliphatic rings. The standard InChI is InChI=1S/C20H22N4O/c1-13-7-8-18-16(9-13)11-21-19-17(12-23-24(18)19)20(25)22-10-15-6-4-3-5-14(15)2/h3-6,11-13H,7-10H2,1-2H3,(H,22,25). The van der Waals surface area contributed by atoms with Gasteiger partial charge in [-0.25, -0.2) is 9.50 Å². The number of nitrogens with zero attached hydrogens (tertiary/aromatic N) is 3. The van der Waals surface area contributed by atoms with Crippen LogP contribution in [0, 0.1) is 12.8 Å². The second-order valence-electron chi connectivity index (χ2n) is 6.98. The van der Waals surface area contributed by atoms with Gasteiger partial charge in [-0.05, 0) is 48.8 Å². The van der Waals surface area contributed by atoms with Gasteiger partial charge in [0, 0.05) is 18.4 Å². The van der Waals surface area contributed by atoms with Crippen LogP contribution in [0.3, 0.4) is 0 Å². The van der Waals surface area contributed by atoms with E-state index in [9.17, 15) is 4.79 Å². The number of amides is 1. The molecule has 1 N–H and O–H groups in total. The lowest BCUT2D eigenvalue weighted by Crippen LogP contribution is -2.23. The number of carbonyl (C=O) groups excluding carboxylic acids is 1. The minimum atomic E-state index is -0.130. The first kappa shape index (κ1) is 15.8. The molecule has 25 heavy (non-hydrogen) atoms. The Morgan fingerprint density at radius 3 is 3.00 bits per heavy atom. The summed E-state index contributed by atoms with van der Waals surface area (Å²) in [5.74, 6) is 0.550. The number of hydrogen-bond donors (Lipinski definition) is 1. The first-order valence-corrected chi connectivity index (χ1v) is 8.80. The van der Waals surface area contributed by atoms with E-state index < -0.39 is 0 Å². The summed E-state index contributed by atoms with van der Waals surface area (Å²) in [6.45, 7) is 4.82. The van der Waals surface area contributed by atoms with Crippen molar-refractivity contribution in [2.24, 2.45) is 5.92 Å². The van der Waals surface area contributed by atoms with Gasteiger partial charge in [-0.15, -0.1) is 0 Å². The van der Waals surface area contributed by atoms with Gasteiger partial charge in [-0.1, -0.05) is 31.2 Å². The topological polar surface area (TPSA) is 59.3 Å². The van der Waals surface area contributed by atoms with Crippen LogP contribution < -0.4 is 5.32 Å². The number of rotatable bonds is 3. The van der Waals surface area contributed by atoms with Crippen molar-refractivity contribution in [1.82, 2.24) is 19.9 Å². The quantitative estimate of drug-likeness (QED) is 0.801. The number of benzene rings is 1. The van der Waals surface area contributed by atoms with Crippen LogP contribution in [-0.4, -0.2) is 20.5 Å². The van der Waals surface area contributed by atoms with E-state index in [1.165, 1.54) is 16.8 Å². The Bertz CT molecular complexity index is 944. The summed E-state index contributed by atoms with van der Waals surface area (Å²) < 4.78 is 1.85. The highest BCUT2D eigenvalue weighted by molar-refractivity contribution is 5.99. The summed E-state index contributed by atoms with van der Waals surface area (Å²) in [6, 6.07) is 8.06. The normalized spacial score (nSPS) is 16.6. The van der Waals surface area contributed by atoms with Crippen LogP contribution in [-0.2, 0) is 19.4 Å². The fourth-order valence-electron chi connectivity index (χ4n) is 3.55. The molecule has 128 valence electrons. The second kappa shape index (κ2) is 6.31. The SMILES string of the molecule is Cc1ccccc1CNC(=O)c1cnn2c3c(cnc12)CC(C)CC3. The van der Waals surface area contributed by atoms with Crippen LogP contribution in [0.2, 0.25) is 0 Å². The minimum absolute atomic E-state index is 0.130. The van der Waals surface area contributed by atoms with Gasteiger partial charge in [0.05, 0.1) is 6.20 Å². The van der Waals surface area contributed by atoms with Crippen LogP contribution >= 0.6 is 0 Å². The zero-order valence-electron chi connectivity index (χ0n) is 14.6. The predicted molar refractivity (Wildman–Crippen MR) is 96.5 cm³/mol. The molecule has 5 nitrogen and oxygen atoms in total. The van der Waals surface area contributed by atoms with E-state index in [0.717, 1.165) is 24.8 Å². The summed E-state index contributed by atoms with van der Waals surface area (Å²) in [5.41, 5.74) is 5.92. The molecule has 3 aromatic rings. The van der Waals surface area contributed by atoms with Crippen LogP contribution in [0.15, 0.2) is 36.7 Å². The first-order chi connectivity index (χ1) is 12.1. The number of carbonyl (C=O) groups is 1. The fourth-order valence-corrected chi connectivity index (χ4v) is 3.55. The van der Waals surface area contributed by atoms with E-state index in [1.54, 1.807) is 6.20 Å². The van der Waals surface area contributed by atoms with E-state index in [1.807, 2.05) is 41.9 Å². The molecule has 1 aliphatic carbocycles. The highest BCUT2D eigenvalue weighted by atomic mass is 16.1. The van der Waals surface area contributed by atoms with Crippen LogP contribution in [0.5, 0.6) is 0 Å². The third kappa shape index (κ3) is 2.90. The Labute approximate surface area is 147 Å². The molecule has 0 radical (unpaired) electrons. The summed E-state index contributed by atoms with van der Waals surface area (Å²) in [6.07, 6.45) is 6.73. The molecule has 1 aromatic carbocycles. The lowest BCUT2D eigenvalue weighted by Gasteiger charge is -2.21. The van der Waals surface area contributed by atoms with Gasteiger partial charge in [-0.3, -0.25) is 4.79 Å². The minimum Gasteiger partial charge on any atom is -0.348 e. The van der Waals surface area contributed by atoms with Crippen molar-refractivity contribution in [1.29, 1.82) is 0 Å². The lowest BCUT2D eigenvalue weighted by atomic mass is 9.89. The third-order valence-corrected chi connectivity index (χ3v) is 5.10. The molecule has 0 spiro atoms. The summed E-state index contributed by atoms with van der Waals surface area (Å²) >= 11 is 0. The predicted octanol–water partition coefficient (Wildman–Crippen LogP) is 3.09. The Morgan fingerprint density at radius 1 is 1.32 bits per heavy atom. The molecule has 2 aromatic heterocycles. The smallest absolute Gasteiger partial charge is 0.257 e. The Balaban J connectivity index is 1.59. The number of hydrogen-bond acceptors (Lipinski definition) is 3. The molecule has 1 unspecified atom stereocenters. The van der Waals surface area contributed by atoms with E-state index in [2.05, 4.69) is 22.3 Å². The van der Waals surface area contributed by atoms with Crippen molar-refractivity contribution in [3.8, 4) is 0 Å². The van der Waals surface area contributed by atoms with Crippen molar-refractivity contribution in [2.75, 3.05) is 0 Å². The second-order valence-corrected chi connectivity index (χ2v) is 6.98. The van der Waals surface area contributed by atoms with Gasteiger partial charge in [-0.2, -0.15) is 5.10 Å². The molecule has 0 saturated carbocycles. The van der Waals surface area contributed by atoms with Crippen molar-refractivity contribution in [2.45, 2.75) is 39.7 Å².